The van der Waals surface area contributed by atoms with Gasteiger partial charge in [-0.15, -0.1) is 5.10 Å². The number of sulfonamides is 1. The molecule has 3 rings (SSSR count). The summed E-state index contributed by atoms with van der Waals surface area (Å²) in [4.78, 5) is 14.6. The zero-order valence-corrected chi connectivity index (χ0v) is 20.2. The molecule has 2 heterocycles. The second-order valence-electron chi connectivity index (χ2n) is 8.31. The molecule has 2 amide bonds. The van der Waals surface area contributed by atoms with Gasteiger partial charge in [-0.2, -0.15) is 5.10 Å². The largest absolute Gasteiger partial charge is 0.353 e. The normalized spacial score (nSPS) is 14.7. The molecule has 0 aliphatic carbocycles. The Balaban J connectivity index is 1.83. The zero-order chi connectivity index (χ0) is 23.5. The van der Waals surface area contributed by atoms with E-state index in [9.17, 15) is 13.2 Å². The minimum atomic E-state index is -4.15. The Kier molecular flexibility index (Phi) is 7.58. The summed E-state index contributed by atoms with van der Waals surface area (Å²) < 4.78 is 27.8. The molecule has 0 radical (unpaired) electrons. The molecule has 1 saturated heterocycles. The predicted octanol–water partition coefficient (Wildman–Crippen LogP) is 3.30. The van der Waals surface area contributed by atoms with Gasteiger partial charge in [-0.3, -0.25) is 0 Å². The molecule has 2 aromatic rings. The van der Waals surface area contributed by atoms with Gasteiger partial charge in [0.2, 0.25) is 0 Å². The number of hydrogen-bond acceptors (Lipinski definition) is 7. The highest BCUT2D eigenvalue weighted by molar-refractivity contribution is 7.90. The van der Waals surface area contributed by atoms with Crippen LogP contribution in [0.25, 0.3) is 0 Å². The molecule has 32 heavy (non-hydrogen) atoms. The summed E-state index contributed by atoms with van der Waals surface area (Å²) >= 11 is 6.27. The van der Waals surface area contributed by atoms with E-state index in [-0.39, 0.29) is 16.7 Å². The molecule has 1 fully saturated rings. The third kappa shape index (κ3) is 5.67. The van der Waals surface area contributed by atoms with Crippen molar-refractivity contribution in [3.05, 3.63) is 40.5 Å². The Morgan fingerprint density at radius 3 is 2.25 bits per heavy atom. The van der Waals surface area contributed by atoms with Gasteiger partial charge >= 0.3 is 6.03 Å². The molecule has 0 bridgehead atoms. The van der Waals surface area contributed by atoms with Crippen molar-refractivity contribution in [3.8, 4) is 0 Å². The maximum atomic E-state index is 12.9. The van der Waals surface area contributed by atoms with Gasteiger partial charge in [-0.1, -0.05) is 39.3 Å². The first-order chi connectivity index (χ1) is 15.1. The Morgan fingerprint density at radius 1 is 1.09 bits per heavy atom. The number of anilines is 2. The lowest BCUT2D eigenvalue weighted by Gasteiger charge is -2.28. The van der Waals surface area contributed by atoms with Gasteiger partial charge in [0.25, 0.3) is 10.0 Å². The van der Waals surface area contributed by atoms with Gasteiger partial charge in [0.05, 0.1) is 6.20 Å². The number of amides is 2. The minimum absolute atomic E-state index is 0.0732. The van der Waals surface area contributed by atoms with E-state index in [4.69, 9.17) is 11.6 Å². The van der Waals surface area contributed by atoms with Crippen LogP contribution in [0.15, 0.2) is 29.3 Å². The summed E-state index contributed by atoms with van der Waals surface area (Å²) in [5, 5.41) is 14.4. The van der Waals surface area contributed by atoms with Crippen LogP contribution in [0.4, 0.5) is 16.3 Å². The van der Waals surface area contributed by atoms with Crippen molar-refractivity contribution >= 4 is 39.2 Å². The van der Waals surface area contributed by atoms with Crippen molar-refractivity contribution < 1.29 is 13.2 Å². The molecule has 1 aliphatic rings. The number of piperazine rings is 1. The molecule has 9 nitrogen and oxygen atoms in total. The monoisotopic (exact) mass is 480 g/mol. The second-order valence-corrected chi connectivity index (χ2v) is 10.4. The van der Waals surface area contributed by atoms with Crippen LogP contribution in [-0.4, -0.2) is 50.8 Å². The second kappa shape index (κ2) is 10.0. The highest BCUT2D eigenvalue weighted by atomic mass is 35.5. The van der Waals surface area contributed by atoms with Crippen molar-refractivity contribution in [2.45, 2.75) is 44.4 Å². The third-order valence-corrected chi connectivity index (χ3v) is 6.76. The Bertz CT molecular complexity index is 1060. The average Bonchev–Trinajstić information content (AvgIpc) is 2.74. The topological polar surface area (TPSA) is 116 Å². The summed E-state index contributed by atoms with van der Waals surface area (Å²) in [5.74, 6) is 0.602. The highest BCUT2D eigenvalue weighted by Gasteiger charge is 2.23. The van der Waals surface area contributed by atoms with Crippen molar-refractivity contribution in [2.24, 2.45) is 0 Å². The van der Waals surface area contributed by atoms with E-state index in [0.29, 0.717) is 29.6 Å². The first-order valence-electron chi connectivity index (χ1n) is 10.5. The lowest BCUT2D eigenvalue weighted by Crippen LogP contribution is -2.44. The van der Waals surface area contributed by atoms with Crippen LogP contribution >= 0.6 is 11.6 Å². The molecule has 0 saturated carbocycles. The number of halogens is 1. The minimum Gasteiger partial charge on any atom is -0.353 e. The number of nitrogens with one attached hydrogen (secondary N) is 3. The quantitative estimate of drug-likeness (QED) is 0.580. The van der Waals surface area contributed by atoms with Crippen molar-refractivity contribution in [2.75, 3.05) is 36.4 Å². The molecule has 1 aromatic heterocycles. The Labute approximate surface area is 194 Å². The van der Waals surface area contributed by atoms with Gasteiger partial charge < -0.3 is 15.5 Å². The van der Waals surface area contributed by atoms with Gasteiger partial charge in [0.1, 0.15) is 4.90 Å². The van der Waals surface area contributed by atoms with Gasteiger partial charge in [0.15, 0.2) is 5.82 Å². The van der Waals surface area contributed by atoms with Crippen molar-refractivity contribution in [1.82, 2.24) is 20.2 Å². The molecule has 0 spiro atoms. The van der Waals surface area contributed by atoms with Crippen LogP contribution in [0.3, 0.4) is 0 Å². The first-order valence-corrected chi connectivity index (χ1v) is 12.4. The van der Waals surface area contributed by atoms with Crippen molar-refractivity contribution in [3.63, 3.8) is 0 Å². The predicted molar refractivity (Wildman–Crippen MR) is 126 cm³/mol. The van der Waals surface area contributed by atoms with E-state index in [1.165, 1.54) is 6.07 Å². The summed E-state index contributed by atoms with van der Waals surface area (Å²) in [6.07, 6.45) is 1.13. The number of benzene rings is 1. The highest BCUT2D eigenvalue weighted by Crippen LogP contribution is 2.35. The van der Waals surface area contributed by atoms with Gasteiger partial charge in [-0.25, -0.2) is 17.9 Å². The summed E-state index contributed by atoms with van der Waals surface area (Å²) in [7, 11) is -4.15. The molecule has 1 aliphatic heterocycles. The number of rotatable bonds is 6. The standard InChI is InChI=1S/C21H29ClN6O3S/c1-13(2)17-9-15(22)10-18(14(3)4)20(17)25-21(29)27-32(30,31)16-11-19(26-24-12-16)28-7-5-23-6-8-28/h9-14,23H,5-8H2,1-4H3,(H2,25,27,29). The smallest absolute Gasteiger partial charge is 0.333 e. The van der Waals surface area contributed by atoms with E-state index in [0.717, 1.165) is 30.4 Å². The number of hydrogen-bond donors (Lipinski definition) is 3. The molecule has 0 unspecified atom stereocenters. The zero-order valence-electron chi connectivity index (χ0n) is 18.6. The van der Waals surface area contributed by atoms with Gasteiger partial charge in [0, 0.05) is 43.0 Å². The molecular formula is C21H29ClN6O3S. The van der Waals surface area contributed by atoms with Crippen LogP contribution in [0, 0.1) is 0 Å². The molecule has 174 valence electrons. The van der Waals surface area contributed by atoms with Crippen LogP contribution in [0.2, 0.25) is 5.02 Å². The van der Waals surface area contributed by atoms with Crippen LogP contribution in [0.1, 0.15) is 50.7 Å². The summed E-state index contributed by atoms with van der Waals surface area (Å²) in [6, 6.07) is 4.15. The maximum absolute atomic E-state index is 12.9. The SMILES string of the molecule is CC(C)c1cc(Cl)cc(C(C)C)c1NC(=O)NS(=O)(=O)c1cnnc(N2CCNCC2)c1. The van der Waals surface area contributed by atoms with Crippen LogP contribution < -0.4 is 20.3 Å². The molecule has 3 N–H and O–H groups in total. The number of carbonyl (C=O) groups is 1. The van der Waals surface area contributed by atoms with Gasteiger partial charge in [-0.05, 0) is 35.1 Å². The third-order valence-electron chi connectivity index (χ3n) is 5.24. The van der Waals surface area contributed by atoms with Crippen LogP contribution in [-0.2, 0) is 10.0 Å². The number of aromatic nitrogens is 2. The number of carbonyl (C=O) groups excluding carboxylic acids is 1. The first kappa shape index (κ1) is 24.2. The van der Waals surface area contributed by atoms with E-state index < -0.39 is 16.1 Å². The fourth-order valence-electron chi connectivity index (χ4n) is 3.56. The lowest BCUT2D eigenvalue weighted by atomic mass is 9.92. The van der Waals surface area contributed by atoms with E-state index >= 15 is 0 Å². The van der Waals surface area contributed by atoms with Crippen molar-refractivity contribution in [1.29, 1.82) is 0 Å². The average molecular weight is 481 g/mol. The number of nitrogens with zero attached hydrogens (tertiary/aromatic N) is 3. The van der Waals surface area contributed by atoms with Crippen LogP contribution in [0.5, 0.6) is 0 Å². The Hall–Kier alpha value is -2.43. The van der Waals surface area contributed by atoms with E-state index in [1.807, 2.05) is 32.6 Å². The number of urea groups is 1. The molecule has 0 atom stereocenters. The lowest BCUT2D eigenvalue weighted by molar-refractivity contribution is 0.256. The fourth-order valence-corrected chi connectivity index (χ4v) is 4.65. The molecule has 11 heteroatoms. The fraction of sp³-hybridized carbons (Fsp3) is 0.476. The molecular weight excluding hydrogens is 452 g/mol. The summed E-state index contributed by atoms with van der Waals surface area (Å²) in [6.45, 7) is 10.9. The summed E-state index contributed by atoms with van der Waals surface area (Å²) in [5.41, 5.74) is 2.24. The van der Waals surface area contributed by atoms with E-state index in [2.05, 4.69) is 25.6 Å². The Morgan fingerprint density at radius 2 is 1.69 bits per heavy atom. The molecule has 1 aromatic carbocycles. The van der Waals surface area contributed by atoms with E-state index in [1.54, 1.807) is 12.1 Å². The maximum Gasteiger partial charge on any atom is 0.333 e.